The number of rotatable bonds is 2. The molecule has 1 aromatic heterocycles. The van der Waals surface area contributed by atoms with E-state index >= 15 is 0 Å². The Morgan fingerprint density at radius 1 is 1.32 bits per heavy atom. The summed E-state index contributed by atoms with van der Waals surface area (Å²) in [5, 5.41) is 0. The van der Waals surface area contributed by atoms with Crippen LogP contribution in [-0.2, 0) is 0 Å². The lowest BCUT2D eigenvalue weighted by Gasteiger charge is -2.41. The van der Waals surface area contributed by atoms with Gasteiger partial charge in [0.05, 0.1) is 5.69 Å². The summed E-state index contributed by atoms with van der Waals surface area (Å²) in [4.78, 5) is 4.63. The van der Waals surface area contributed by atoms with Crippen molar-refractivity contribution in [3.8, 4) is 0 Å². The van der Waals surface area contributed by atoms with Gasteiger partial charge in [-0.3, -0.25) is 4.98 Å². The predicted octanol–water partition coefficient (Wildman–Crippen LogP) is 4.30. The molecule has 2 heteroatoms. The number of aryl methyl sites for hydroxylation is 1. The molecule has 2 bridgehead atoms. The van der Waals surface area contributed by atoms with E-state index in [0.29, 0.717) is 11.8 Å². The van der Waals surface area contributed by atoms with Crippen LogP contribution >= 0.6 is 0 Å². The zero-order valence-corrected chi connectivity index (χ0v) is 12.1. The zero-order valence-electron chi connectivity index (χ0n) is 12.1. The van der Waals surface area contributed by atoms with Crippen LogP contribution in [0.5, 0.6) is 0 Å². The van der Waals surface area contributed by atoms with Gasteiger partial charge in [-0.15, -0.1) is 0 Å². The average molecular weight is 256 g/mol. The number of fused-ring (bicyclic) bond motifs is 4. The van der Waals surface area contributed by atoms with Crippen LogP contribution in [0.1, 0.15) is 61.8 Å². The van der Waals surface area contributed by atoms with Crippen molar-refractivity contribution < 1.29 is 0 Å². The molecule has 2 nitrogen and oxygen atoms in total. The Labute approximate surface area is 116 Å². The van der Waals surface area contributed by atoms with E-state index < -0.39 is 0 Å². The van der Waals surface area contributed by atoms with E-state index in [2.05, 4.69) is 25.4 Å². The van der Waals surface area contributed by atoms with Crippen LogP contribution in [0.25, 0.3) is 5.57 Å². The Morgan fingerprint density at radius 2 is 2.05 bits per heavy atom. The molecule has 0 spiro atoms. The van der Waals surface area contributed by atoms with Crippen molar-refractivity contribution in [3.63, 3.8) is 0 Å². The van der Waals surface area contributed by atoms with Crippen molar-refractivity contribution in [2.45, 2.75) is 51.9 Å². The van der Waals surface area contributed by atoms with Gasteiger partial charge in [-0.25, -0.2) is 0 Å². The molecule has 0 saturated heterocycles. The maximum absolute atomic E-state index is 6.34. The van der Waals surface area contributed by atoms with E-state index in [1.807, 2.05) is 6.20 Å². The SMILES string of the molecule is C=C1c2ncc(C)c(N)c2C2CC(CCC)CC1C2. The second-order valence-electron chi connectivity index (χ2n) is 6.40. The highest BCUT2D eigenvalue weighted by molar-refractivity contribution is 5.74. The van der Waals surface area contributed by atoms with E-state index in [1.54, 1.807) is 0 Å². The quantitative estimate of drug-likeness (QED) is 0.857. The molecule has 1 aromatic rings. The number of nitrogens with two attached hydrogens (primary N) is 1. The first-order chi connectivity index (χ1) is 9.11. The number of nitrogen functional groups attached to an aromatic ring is 1. The number of nitrogens with zero attached hydrogens (tertiary/aromatic N) is 1. The highest BCUT2D eigenvalue weighted by Crippen LogP contribution is 2.52. The Morgan fingerprint density at radius 3 is 2.79 bits per heavy atom. The first kappa shape index (κ1) is 12.7. The molecule has 3 atom stereocenters. The summed E-state index contributed by atoms with van der Waals surface area (Å²) < 4.78 is 0. The summed E-state index contributed by atoms with van der Waals surface area (Å²) in [5.41, 5.74) is 12.1. The normalized spacial score (nSPS) is 29.2. The first-order valence-electron chi connectivity index (χ1n) is 7.55. The molecule has 2 N–H and O–H groups in total. The molecular weight excluding hydrogens is 232 g/mol. The number of allylic oxidation sites excluding steroid dienone is 1. The van der Waals surface area contributed by atoms with Crippen molar-refractivity contribution in [1.82, 2.24) is 4.98 Å². The lowest BCUT2D eigenvalue weighted by atomic mass is 9.64. The average Bonchev–Trinajstić information content (AvgIpc) is 2.39. The summed E-state index contributed by atoms with van der Waals surface area (Å²) in [6.45, 7) is 8.67. The molecule has 102 valence electrons. The van der Waals surface area contributed by atoms with Gasteiger partial charge in [0.15, 0.2) is 0 Å². The van der Waals surface area contributed by atoms with E-state index in [4.69, 9.17) is 5.73 Å². The topological polar surface area (TPSA) is 38.9 Å². The number of hydrogen-bond acceptors (Lipinski definition) is 2. The summed E-state index contributed by atoms with van der Waals surface area (Å²) in [7, 11) is 0. The van der Waals surface area contributed by atoms with Crippen molar-refractivity contribution in [1.29, 1.82) is 0 Å². The molecule has 1 heterocycles. The van der Waals surface area contributed by atoms with Gasteiger partial charge in [0, 0.05) is 17.4 Å². The Kier molecular flexibility index (Phi) is 3.12. The smallest absolute Gasteiger partial charge is 0.0714 e. The fourth-order valence-corrected chi connectivity index (χ4v) is 4.10. The molecule has 1 fully saturated rings. The van der Waals surface area contributed by atoms with Crippen molar-refractivity contribution in [2.75, 3.05) is 5.73 Å². The predicted molar refractivity (Wildman–Crippen MR) is 80.9 cm³/mol. The molecule has 2 aliphatic carbocycles. The number of aromatic nitrogens is 1. The van der Waals surface area contributed by atoms with Crippen LogP contribution < -0.4 is 5.73 Å². The molecule has 1 saturated carbocycles. The summed E-state index contributed by atoms with van der Waals surface area (Å²) in [5.74, 6) is 2.10. The minimum absolute atomic E-state index is 0.614. The molecule has 2 aliphatic rings. The lowest BCUT2D eigenvalue weighted by Crippen LogP contribution is -2.29. The van der Waals surface area contributed by atoms with Crippen LogP contribution in [0.2, 0.25) is 0 Å². The van der Waals surface area contributed by atoms with Crippen LogP contribution in [0, 0.1) is 18.8 Å². The highest BCUT2D eigenvalue weighted by atomic mass is 14.7. The fraction of sp³-hybridized carbons (Fsp3) is 0.588. The van der Waals surface area contributed by atoms with E-state index in [9.17, 15) is 0 Å². The third kappa shape index (κ3) is 1.98. The summed E-state index contributed by atoms with van der Waals surface area (Å²) in [6, 6.07) is 0. The largest absolute Gasteiger partial charge is 0.398 e. The zero-order chi connectivity index (χ0) is 13.6. The van der Waals surface area contributed by atoms with E-state index in [1.165, 1.54) is 43.2 Å². The lowest BCUT2D eigenvalue weighted by molar-refractivity contribution is 0.256. The van der Waals surface area contributed by atoms with E-state index in [0.717, 1.165) is 22.9 Å². The van der Waals surface area contributed by atoms with Gasteiger partial charge in [0.2, 0.25) is 0 Å². The highest BCUT2D eigenvalue weighted by Gasteiger charge is 2.38. The second-order valence-corrected chi connectivity index (χ2v) is 6.40. The number of hydrogen-bond donors (Lipinski definition) is 1. The van der Waals surface area contributed by atoms with Gasteiger partial charge in [0.25, 0.3) is 0 Å². The fourth-order valence-electron chi connectivity index (χ4n) is 4.10. The van der Waals surface area contributed by atoms with Crippen molar-refractivity contribution in [3.05, 3.63) is 29.6 Å². The maximum Gasteiger partial charge on any atom is 0.0714 e. The third-order valence-corrected chi connectivity index (χ3v) is 5.06. The first-order valence-corrected chi connectivity index (χ1v) is 7.55. The molecule has 0 aromatic carbocycles. The van der Waals surface area contributed by atoms with Gasteiger partial charge in [-0.1, -0.05) is 26.3 Å². The number of pyridine rings is 1. The van der Waals surface area contributed by atoms with Crippen molar-refractivity contribution >= 4 is 11.3 Å². The molecule has 3 rings (SSSR count). The molecule has 3 unspecified atom stereocenters. The monoisotopic (exact) mass is 256 g/mol. The van der Waals surface area contributed by atoms with Gasteiger partial charge < -0.3 is 5.73 Å². The van der Waals surface area contributed by atoms with Gasteiger partial charge in [0.1, 0.15) is 0 Å². The van der Waals surface area contributed by atoms with Crippen LogP contribution in [0.15, 0.2) is 12.8 Å². The third-order valence-electron chi connectivity index (χ3n) is 5.06. The minimum atomic E-state index is 0.614. The Bertz CT molecular complexity index is 518. The maximum atomic E-state index is 6.34. The molecule has 0 amide bonds. The van der Waals surface area contributed by atoms with Gasteiger partial charge in [-0.05, 0) is 55.1 Å². The molecule has 0 aliphatic heterocycles. The minimum Gasteiger partial charge on any atom is -0.398 e. The number of anilines is 1. The molecule has 0 radical (unpaired) electrons. The summed E-state index contributed by atoms with van der Waals surface area (Å²) >= 11 is 0. The van der Waals surface area contributed by atoms with Crippen LogP contribution in [-0.4, -0.2) is 4.98 Å². The van der Waals surface area contributed by atoms with Gasteiger partial charge >= 0.3 is 0 Å². The molecule has 19 heavy (non-hydrogen) atoms. The second kappa shape index (κ2) is 4.66. The summed E-state index contributed by atoms with van der Waals surface area (Å²) in [6.07, 6.45) is 8.36. The van der Waals surface area contributed by atoms with E-state index in [-0.39, 0.29) is 0 Å². The van der Waals surface area contributed by atoms with Crippen LogP contribution in [0.4, 0.5) is 5.69 Å². The Hall–Kier alpha value is -1.31. The standard InChI is InChI=1S/C17H24N2/c1-4-5-12-6-13-8-14(7-12)15-16(18)10(2)9-19-17(15)11(13)3/h9,12-14H,3-8H2,1-2H3,(H2,18,19). The molecular formula is C17H24N2. The Balaban J connectivity index is 2.04. The van der Waals surface area contributed by atoms with Crippen LogP contribution in [0.3, 0.4) is 0 Å². The van der Waals surface area contributed by atoms with Crippen molar-refractivity contribution in [2.24, 2.45) is 11.8 Å². The van der Waals surface area contributed by atoms with Gasteiger partial charge in [-0.2, -0.15) is 0 Å².